The highest BCUT2D eigenvalue weighted by Gasteiger charge is 2.29. The van der Waals surface area contributed by atoms with Crippen molar-refractivity contribution in [1.29, 1.82) is 0 Å². The largest absolute Gasteiger partial charge is 0.378 e. The summed E-state index contributed by atoms with van der Waals surface area (Å²) in [4.78, 5) is 4.34. The Morgan fingerprint density at radius 3 is 2.68 bits per heavy atom. The van der Waals surface area contributed by atoms with Crippen LogP contribution in [0.2, 0.25) is 0 Å². The number of hydrogen-bond acceptors (Lipinski definition) is 3. The SMILES string of the molecule is CN(C)c1ccc2c(c1)C(CN)N(Cc1ccccc1F)C2. The standard InChI is InChI=1S/C18H22FN3/c1-21(2)15-8-7-13-11-22(18(10-20)16(13)9-15)12-14-5-3-4-6-17(14)19/h3-9,18H,10-12,20H2,1-2H3. The maximum absolute atomic E-state index is 13.9. The first-order valence-electron chi connectivity index (χ1n) is 7.58. The number of hydrogen-bond donors (Lipinski definition) is 1. The summed E-state index contributed by atoms with van der Waals surface area (Å²) in [5.74, 6) is -0.150. The minimum atomic E-state index is -0.150. The predicted octanol–water partition coefficient (Wildman–Crippen LogP) is 2.91. The average Bonchev–Trinajstić information content (AvgIpc) is 2.85. The van der Waals surface area contributed by atoms with E-state index in [4.69, 9.17) is 5.73 Å². The summed E-state index contributed by atoms with van der Waals surface area (Å²) in [6.45, 7) is 1.94. The van der Waals surface area contributed by atoms with Gasteiger partial charge in [-0.05, 0) is 29.3 Å². The van der Waals surface area contributed by atoms with Gasteiger partial charge in [-0.25, -0.2) is 4.39 Å². The van der Waals surface area contributed by atoms with Crippen LogP contribution in [0.15, 0.2) is 42.5 Å². The summed E-state index contributed by atoms with van der Waals surface area (Å²) >= 11 is 0. The Hall–Kier alpha value is -1.91. The van der Waals surface area contributed by atoms with Crippen molar-refractivity contribution in [1.82, 2.24) is 4.90 Å². The summed E-state index contributed by atoms with van der Waals surface area (Å²) in [5.41, 5.74) is 10.5. The molecular weight excluding hydrogens is 277 g/mol. The van der Waals surface area contributed by atoms with Gasteiger partial charge in [0.25, 0.3) is 0 Å². The molecule has 0 saturated heterocycles. The summed E-state index contributed by atoms with van der Waals surface area (Å²) in [7, 11) is 4.07. The van der Waals surface area contributed by atoms with Gasteiger partial charge in [-0.1, -0.05) is 24.3 Å². The molecule has 1 aliphatic rings. The lowest BCUT2D eigenvalue weighted by Gasteiger charge is -2.24. The number of halogens is 1. The van der Waals surface area contributed by atoms with Gasteiger partial charge < -0.3 is 10.6 Å². The van der Waals surface area contributed by atoms with Crippen molar-refractivity contribution < 1.29 is 4.39 Å². The highest BCUT2D eigenvalue weighted by Crippen LogP contribution is 2.36. The van der Waals surface area contributed by atoms with Crippen LogP contribution in [-0.2, 0) is 13.1 Å². The minimum absolute atomic E-state index is 0.148. The molecule has 2 N–H and O–H groups in total. The molecule has 0 amide bonds. The Kier molecular flexibility index (Phi) is 4.14. The molecule has 0 saturated carbocycles. The van der Waals surface area contributed by atoms with Crippen molar-refractivity contribution in [3.05, 3.63) is 65.0 Å². The van der Waals surface area contributed by atoms with Crippen molar-refractivity contribution in [3.63, 3.8) is 0 Å². The molecule has 1 aliphatic heterocycles. The Morgan fingerprint density at radius 2 is 2.00 bits per heavy atom. The van der Waals surface area contributed by atoms with Crippen molar-refractivity contribution in [3.8, 4) is 0 Å². The molecule has 0 spiro atoms. The lowest BCUT2D eigenvalue weighted by molar-refractivity contribution is 0.208. The maximum Gasteiger partial charge on any atom is 0.127 e. The van der Waals surface area contributed by atoms with Crippen LogP contribution in [0.25, 0.3) is 0 Å². The third-order valence-electron chi connectivity index (χ3n) is 4.37. The van der Waals surface area contributed by atoms with Crippen molar-refractivity contribution in [2.24, 2.45) is 5.73 Å². The summed E-state index contributed by atoms with van der Waals surface area (Å²) in [5, 5.41) is 0. The van der Waals surface area contributed by atoms with Crippen LogP contribution in [0.5, 0.6) is 0 Å². The van der Waals surface area contributed by atoms with E-state index in [1.807, 2.05) is 26.2 Å². The third kappa shape index (κ3) is 2.72. The first-order valence-corrected chi connectivity index (χ1v) is 7.58. The highest BCUT2D eigenvalue weighted by atomic mass is 19.1. The molecule has 1 atom stereocenters. The van der Waals surface area contributed by atoms with Gasteiger partial charge in [-0.15, -0.1) is 0 Å². The first-order chi connectivity index (χ1) is 10.6. The van der Waals surface area contributed by atoms with Crippen molar-refractivity contribution >= 4 is 5.69 Å². The van der Waals surface area contributed by atoms with E-state index in [1.54, 1.807) is 6.07 Å². The topological polar surface area (TPSA) is 32.5 Å². The molecule has 2 aromatic carbocycles. The second-order valence-electron chi connectivity index (χ2n) is 6.03. The van der Waals surface area contributed by atoms with Crippen LogP contribution < -0.4 is 10.6 Å². The van der Waals surface area contributed by atoms with Gasteiger partial charge in [0.05, 0.1) is 0 Å². The van der Waals surface area contributed by atoms with E-state index in [2.05, 4.69) is 28.0 Å². The number of benzene rings is 2. The van der Waals surface area contributed by atoms with Crippen LogP contribution >= 0.6 is 0 Å². The number of anilines is 1. The average molecular weight is 299 g/mol. The maximum atomic E-state index is 13.9. The Balaban J connectivity index is 1.88. The molecule has 3 nitrogen and oxygen atoms in total. The van der Waals surface area contributed by atoms with E-state index in [0.717, 1.165) is 12.1 Å². The highest BCUT2D eigenvalue weighted by molar-refractivity contribution is 5.52. The molecule has 22 heavy (non-hydrogen) atoms. The second kappa shape index (κ2) is 6.07. The van der Waals surface area contributed by atoms with E-state index in [0.29, 0.717) is 13.1 Å². The Bertz CT molecular complexity index is 669. The Labute approximate surface area is 131 Å². The van der Waals surface area contributed by atoms with Crippen molar-refractivity contribution in [2.45, 2.75) is 19.1 Å². The van der Waals surface area contributed by atoms with Crippen LogP contribution in [-0.4, -0.2) is 25.5 Å². The van der Waals surface area contributed by atoms with Crippen LogP contribution in [0.3, 0.4) is 0 Å². The zero-order valence-electron chi connectivity index (χ0n) is 13.1. The van der Waals surface area contributed by atoms with E-state index in [9.17, 15) is 4.39 Å². The Morgan fingerprint density at radius 1 is 1.23 bits per heavy atom. The molecule has 0 bridgehead atoms. The smallest absolute Gasteiger partial charge is 0.127 e. The van der Waals surface area contributed by atoms with E-state index >= 15 is 0 Å². The van der Waals surface area contributed by atoms with Gasteiger partial charge in [0.2, 0.25) is 0 Å². The molecule has 2 aromatic rings. The fraction of sp³-hybridized carbons (Fsp3) is 0.333. The van der Waals surface area contributed by atoms with E-state index in [-0.39, 0.29) is 11.9 Å². The van der Waals surface area contributed by atoms with Gasteiger partial charge in [0.15, 0.2) is 0 Å². The molecule has 0 fully saturated rings. The van der Waals surface area contributed by atoms with E-state index in [1.165, 1.54) is 22.9 Å². The molecule has 1 heterocycles. The molecule has 0 aliphatic carbocycles. The summed E-state index contributed by atoms with van der Waals surface area (Å²) < 4.78 is 13.9. The monoisotopic (exact) mass is 299 g/mol. The third-order valence-corrected chi connectivity index (χ3v) is 4.37. The predicted molar refractivity (Wildman–Crippen MR) is 88.2 cm³/mol. The van der Waals surface area contributed by atoms with Gasteiger partial charge in [0, 0.05) is 51.0 Å². The molecule has 0 radical (unpaired) electrons. The number of fused-ring (bicyclic) bond motifs is 1. The molecule has 116 valence electrons. The van der Waals surface area contributed by atoms with Crippen LogP contribution in [0.1, 0.15) is 22.7 Å². The fourth-order valence-corrected chi connectivity index (χ4v) is 3.13. The van der Waals surface area contributed by atoms with Crippen LogP contribution in [0, 0.1) is 5.82 Å². The lowest BCUT2D eigenvalue weighted by atomic mass is 10.0. The summed E-state index contributed by atoms with van der Waals surface area (Å²) in [6, 6.07) is 13.6. The number of rotatable bonds is 4. The molecule has 4 heteroatoms. The fourth-order valence-electron chi connectivity index (χ4n) is 3.13. The number of nitrogens with zero attached hydrogens (tertiary/aromatic N) is 2. The quantitative estimate of drug-likeness (QED) is 0.942. The second-order valence-corrected chi connectivity index (χ2v) is 6.03. The van der Waals surface area contributed by atoms with Crippen molar-refractivity contribution in [2.75, 3.05) is 25.5 Å². The van der Waals surface area contributed by atoms with E-state index < -0.39 is 0 Å². The van der Waals surface area contributed by atoms with Gasteiger partial charge in [0.1, 0.15) is 5.82 Å². The van der Waals surface area contributed by atoms with Crippen LogP contribution in [0.4, 0.5) is 10.1 Å². The molecule has 1 unspecified atom stereocenters. The zero-order valence-corrected chi connectivity index (χ0v) is 13.1. The van der Waals surface area contributed by atoms with Gasteiger partial charge >= 0.3 is 0 Å². The lowest BCUT2D eigenvalue weighted by Crippen LogP contribution is -2.28. The zero-order chi connectivity index (χ0) is 15.7. The molecular formula is C18H22FN3. The van der Waals surface area contributed by atoms with Gasteiger partial charge in [-0.2, -0.15) is 0 Å². The number of nitrogens with two attached hydrogens (primary N) is 1. The normalized spacial score (nSPS) is 17.5. The summed E-state index contributed by atoms with van der Waals surface area (Å²) in [6.07, 6.45) is 0. The first kappa shape index (κ1) is 15.0. The van der Waals surface area contributed by atoms with Gasteiger partial charge in [-0.3, -0.25) is 4.90 Å². The molecule has 0 aromatic heterocycles. The molecule has 3 rings (SSSR count). The minimum Gasteiger partial charge on any atom is -0.378 e.